The summed E-state index contributed by atoms with van der Waals surface area (Å²) in [5.74, 6) is 0. The van der Waals surface area contributed by atoms with E-state index in [4.69, 9.17) is 9.84 Å². The number of ether oxygens (including phenoxy) is 1. The maximum absolute atomic E-state index is 9.23. The van der Waals surface area contributed by atoms with Gasteiger partial charge < -0.3 is 0 Å². The fraction of sp³-hybridized carbons (Fsp3) is 1.00. The third-order valence-corrected chi connectivity index (χ3v) is 2.96. The summed E-state index contributed by atoms with van der Waals surface area (Å²) in [5, 5.41) is 36.4. The quantitative estimate of drug-likeness (QED) is 0.295. The van der Waals surface area contributed by atoms with E-state index in [0.29, 0.717) is 0 Å². The second-order valence-corrected chi connectivity index (χ2v) is 4.02. The predicted octanol–water partition coefficient (Wildman–Crippen LogP) is -3.05. The van der Waals surface area contributed by atoms with Gasteiger partial charge in [0.1, 0.15) is 0 Å². The fourth-order valence-corrected chi connectivity index (χ4v) is 1.93. The van der Waals surface area contributed by atoms with Crippen LogP contribution < -0.4 is 0 Å². The molecule has 0 aliphatic carbocycles. The van der Waals surface area contributed by atoms with Gasteiger partial charge >= 0.3 is 82.6 Å². The molecule has 82 valence electrons. The van der Waals surface area contributed by atoms with Gasteiger partial charge in [0.05, 0.1) is 0 Å². The maximum atomic E-state index is 9.23. The molecule has 1 aliphatic rings. The zero-order valence-electron chi connectivity index (χ0n) is 6.50. The molecule has 0 spiro atoms. The van der Waals surface area contributed by atoms with Gasteiger partial charge in [-0.3, -0.25) is 0 Å². The van der Waals surface area contributed by atoms with Gasteiger partial charge in [0.25, 0.3) is 0 Å². The Morgan fingerprint density at radius 3 is 2.08 bits per heavy atom. The summed E-state index contributed by atoms with van der Waals surface area (Å²) >= 11 is 1.50. The molecule has 13 heavy (non-hydrogen) atoms. The molecule has 5 atom stereocenters. The van der Waals surface area contributed by atoms with Crippen LogP contribution in [0.2, 0.25) is 0 Å². The first-order chi connectivity index (χ1) is 5.57. The Balaban J connectivity index is 0.00000144. The molecule has 2 radical (unpaired) electrons. The van der Waals surface area contributed by atoms with Gasteiger partial charge in [0.15, 0.2) is 0 Å². The van der Waals surface area contributed by atoms with Crippen molar-refractivity contribution < 1.29 is 47.5 Å². The molecule has 1 aliphatic heterocycles. The van der Waals surface area contributed by atoms with Crippen LogP contribution in [0.5, 0.6) is 0 Å². The van der Waals surface area contributed by atoms with Gasteiger partial charge in [0, 0.05) is 22.4 Å². The minimum Gasteiger partial charge on any atom is 0 e. The van der Waals surface area contributed by atoms with Crippen LogP contribution in [0.1, 0.15) is 0 Å². The molecule has 1 saturated heterocycles. The van der Waals surface area contributed by atoms with Gasteiger partial charge in [-0.1, -0.05) is 0 Å². The average molecular weight is 488 g/mol. The molecule has 5 unspecified atom stereocenters. The van der Waals surface area contributed by atoms with Gasteiger partial charge in [-0.15, -0.1) is 0 Å². The smallest absolute Gasteiger partial charge is 0 e. The Kier molecular flexibility index (Phi) is 6.65. The van der Waals surface area contributed by atoms with Crippen LogP contribution in [0, 0.1) is 0 Å². The second kappa shape index (κ2) is 6.03. The Hall–Kier alpha value is 1.33. The van der Waals surface area contributed by atoms with Crippen molar-refractivity contribution in [2.75, 3.05) is 6.61 Å². The normalized spacial score (nSPS) is 45.5. The molecule has 0 saturated carbocycles. The molecule has 0 aromatic carbocycles. The van der Waals surface area contributed by atoms with Crippen LogP contribution in [-0.2, 0) is 27.1 Å². The summed E-state index contributed by atoms with van der Waals surface area (Å²) in [6.07, 6.45) is -4.36. The van der Waals surface area contributed by atoms with Crippen molar-refractivity contribution in [3.63, 3.8) is 0 Å². The van der Waals surface area contributed by atoms with Crippen LogP contribution >= 0.6 is 0 Å². The van der Waals surface area contributed by atoms with E-state index in [1.165, 1.54) is 22.3 Å². The van der Waals surface area contributed by atoms with Crippen LogP contribution in [0.15, 0.2) is 0 Å². The first kappa shape index (κ1) is 14.3. The summed E-state index contributed by atoms with van der Waals surface area (Å²) in [7, 11) is 0. The van der Waals surface area contributed by atoms with Crippen molar-refractivity contribution in [1.29, 1.82) is 0 Å². The summed E-state index contributed by atoms with van der Waals surface area (Å²) in [4.78, 5) is 0. The standard InChI is InChI=1S/C6H11O5Te.Au/c7-1-2-3(8)4(9)5(10)6(12)11-2;/h2-10H,1H2;. The van der Waals surface area contributed by atoms with Gasteiger partial charge in [0.2, 0.25) is 0 Å². The Morgan fingerprint density at radius 1 is 1.08 bits per heavy atom. The fourth-order valence-electron chi connectivity index (χ4n) is 1.07. The molecule has 5 nitrogen and oxygen atoms in total. The molecule has 0 amide bonds. The first-order valence-electron chi connectivity index (χ1n) is 3.54. The summed E-state index contributed by atoms with van der Waals surface area (Å²) in [5.41, 5.74) is 0. The number of rotatable bonds is 1. The molecule has 1 rings (SSSR count). The third-order valence-electron chi connectivity index (χ3n) is 1.85. The summed E-state index contributed by atoms with van der Waals surface area (Å²) < 4.78 is 4.47. The van der Waals surface area contributed by atoms with Crippen LogP contribution in [-0.4, -0.2) is 77.9 Å². The van der Waals surface area contributed by atoms with E-state index in [1.54, 1.807) is 0 Å². The van der Waals surface area contributed by atoms with Crippen molar-refractivity contribution in [3.05, 3.63) is 0 Å². The molecule has 0 aromatic heterocycles. The van der Waals surface area contributed by atoms with Crippen LogP contribution in [0.25, 0.3) is 0 Å². The first-order valence-corrected chi connectivity index (χ1v) is 4.88. The maximum Gasteiger partial charge on any atom is 0 e. The van der Waals surface area contributed by atoms with E-state index in [9.17, 15) is 15.3 Å². The van der Waals surface area contributed by atoms with Crippen molar-refractivity contribution in [2.24, 2.45) is 0 Å². The van der Waals surface area contributed by atoms with Crippen LogP contribution in [0.3, 0.4) is 0 Å². The molecular weight excluding hydrogens is 477 g/mol. The van der Waals surface area contributed by atoms with Crippen LogP contribution in [0.4, 0.5) is 0 Å². The summed E-state index contributed by atoms with van der Waals surface area (Å²) in [6.45, 7) is -0.364. The van der Waals surface area contributed by atoms with E-state index < -0.39 is 28.6 Å². The van der Waals surface area contributed by atoms with Gasteiger partial charge in [-0.2, -0.15) is 0 Å². The molecule has 7 heteroatoms. The molecule has 0 bridgehead atoms. The second-order valence-electron chi connectivity index (χ2n) is 2.70. The minimum absolute atomic E-state index is 0. The van der Waals surface area contributed by atoms with Gasteiger partial charge in [-0.05, 0) is 0 Å². The SMILES string of the molecule is OCC1OC([Te])C(O)C(O)C1O.[Au]. The van der Waals surface area contributed by atoms with Crippen molar-refractivity contribution in [3.8, 4) is 0 Å². The predicted molar refractivity (Wildman–Crippen MR) is 39.5 cm³/mol. The topological polar surface area (TPSA) is 90.2 Å². The number of hydrogen-bond donors (Lipinski definition) is 4. The van der Waals surface area contributed by atoms with E-state index in [0.717, 1.165) is 0 Å². The molecule has 1 fully saturated rings. The van der Waals surface area contributed by atoms with Gasteiger partial charge in [-0.25, -0.2) is 0 Å². The zero-order chi connectivity index (χ0) is 9.30. The van der Waals surface area contributed by atoms with E-state index in [-0.39, 0.29) is 29.0 Å². The number of aliphatic hydroxyl groups excluding tert-OH is 4. The monoisotopic (exact) mass is 490 g/mol. The minimum atomic E-state index is -1.24. The van der Waals surface area contributed by atoms with E-state index in [1.807, 2.05) is 0 Å². The van der Waals surface area contributed by atoms with E-state index in [2.05, 4.69) is 0 Å². The van der Waals surface area contributed by atoms with Crippen molar-refractivity contribution in [1.82, 2.24) is 0 Å². The molecule has 4 N–H and O–H groups in total. The molecular formula is C6H11AuO5Te. The average Bonchev–Trinajstić information content (AvgIpc) is 2.08. The van der Waals surface area contributed by atoms with E-state index >= 15 is 0 Å². The summed E-state index contributed by atoms with van der Waals surface area (Å²) in [6, 6.07) is 0. The van der Waals surface area contributed by atoms with Crippen molar-refractivity contribution >= 4 is 22.3 Å². The Bertz CT molecular complexity index is 155. The molecule has 1 heterocycles. The Morgan fingerprint density at radius 2 is 1.62 bits per heavy atom. The third kappa shape index (κ3) is 3.14. The largest absolute Gasteiger partial charge is 0 e. The Labute approximate surface area is 105 Å². The number of hydrogen-bond acceptors (Lipinski definition) is 5. The zero-order valence-corrected chi connectivity index (χ0v) is 11.0. The van der Waals surface area contributed by atoms with Crippen molar-refractivity contribution in [2.45, 2.75) is 28.6 Å². The number of aliphatic hydroxyl groups is 4. The molecule has 0 aromatic rings.